The van der Waals surface area contributed by atoms with Crippen molar-refractivity contribution < 1.29 is 8.83 Å². The highest BCUT2D eigenvalue weighted by Gasteiger charge is 2.26. The quantitative estimate of drug-likeness (QED) is 0.128. The van der Waals surface area contributed by atoms with E-state index in [1.54, 1.807) is 0 Å². The summed E-state index contributed by atoms with van der Waals surface area (Å²) in [5, 5.41) is 8.89. The Bertz CT molecular complexity index is 4400. The molecule has 0 saturated carbocycles. The first kappa shape index (κ1) is 45.0. The van der Waals surface area contributed by atoms with Crippen LogP contribution in [-0.4, -0.2) is 0 Å². The van der Waals surface area contributed by atoms with Gasteiger partial charge in [0.1, 0.15) is 11.2 Å². The number of benzene rings is 13. The molecular formula is C74H48N2O2. The second kappa shape index (κ2) is 18.7. The van der Waals surface area contributed by atoms with Gasteiger partial charge in [-0.15, -0.1) is 0 Å². The van der Waals surface area contributed by atoms with E-state index in [-0.39, 0.29) is 0 Å². The SMILES string of the molecule is c1ccc(-c2c3ccc(N(c4ccccc4)c4cccc5c4oc4c(-c6ccccc6)cccc45)cc3c(-c3ccccc3)c3ccc(N(c4ccccc4)c4cccc5c4oc4c(-c6ccccc6)cccc45)cc23)cc1. The normalized spacial score (nSPS) is 11.6. The fraction of sp³-hybridized carbons (Fsp3) is 0. The van der Waals surface area contributed by atoms with E-state index in [9.17, 15) is 0 Å². The Morgan fingerprint density at radius 1 is 0.205 bits per heavy atom. The lowest BCUT2D eigenvalue weighted by atomic mass is 9.85. The van der Waals surface area contributed by atoms with Crippen LogP contribution in [0.1, 0.15) is 0 Å². The predicted molar refractivity (Wildman–Crippen MR) is 327 cm³/mol. The van der Waals surface area contributed by atoms with Gasteiger partial charge in [-0.2, -0.15) is 0 Å². The molecule has 2 heterocycles. The molecule has 15 aromatic rings. The lowest BCUT2D eigenvalue weighted by Gasteiger charge is -2.28. The molecule has 2 aromatic heterocycles. The summed E-state index contributed by atoms with van der Waals surface area (Å²) < 4.78 is 14.2. The van der Waals surface area contributed by atoms with Crippen molar-refractivity contribution in [1.29, 1.82) is 0 Å². The van der Waals surface area contributed by atoms with E-state index in [2.05, 4.69) is 301 Å². The average molecular weight is 997 g/mol. The third-order valence-electron chi connectivity index (χ3n) is 15.4. The van der Waals surface area contributed by atoms with Crippen molar-refractivity contribution >= 4 is 99.5 Å². The molecule has 0 spiro atoms. The third-order valence-corrected chi connectivity index (χ3v) is 15.4. The van der Waals surface area contributed by atoms with Gasteiger partial charge in [0, 0.05) is 55.4 Å². The molecule has 15 rings (SSSR count). The van der Waals surface area contributed by atoms with Gasteiger partial charge in [0.25, 0.3) is 0 Å². The molecule has 0 fully saturated rings. The summed E-state index contributed by atoms with van der Waals surface area (Å²) >= 11 is 0. The van der Waals surface area contributed by atoms with Crippen LogP contribution in [0.3, 0.4) is 0 Å². The Morgan fingerprint density at radius 2 is 0.526 bits per heavy atom. The molecule has 0 aliphatic rings. The number of furan rings is 2. The van der Waals surface area contributed by atoms with E-state index >= 15 is 0 Å². The van der Waals surface area contributed by atoms with Crippen LogP contribution in [0.25, 0.3) is 110 Å². The molecule has 366 valence electrons. The van der Waals surface area contributed by atoms with Gasteiger partial charge in [-0.1, -0.05) is 231 Å². The summed E-state index contributed by atoms with van der Waals surface area (Å²) in [6, 6.07) is 104. The minimum atomic E-state index is 0.831. The van der Waals surface area contributed by atoms with E-state index in [4.69, 9.17) is 8.83 Å². The Hall–Kier alpha value is -10.4. The van der Waals surface area contributed by atoms with Crippen molar-refractivity contribution in [3.8, 4) is 44.5 Å². The van der Waals surface area contributed by atoms with Crippen molar-refractivity contribution in [2.45, 2.75) is 0 Å². The van der Waals surface area contributed by atoms with Crippen LogP contribution >= 0.6 is 0 Å². The highest BCUT2D eigenvalue weighted by atomic mass is 16.3. The van der Waals surface area contributed by atoms with Gasteiger partial charge in [-0.05, 0) is 116 Å². The van der Waals surface area contributed by atoms with Crippen LogP contribution in [0.4, 0.5) is 34.1 Å². The molecule has 0 radical (unpaired) electrons. The number of para-hydroxylation sites is 6. The minimum absolute atomic E-state index is 0.831. The van der Waals surface area contributed by atoms with Gasteiger partial charge in [-0.3, -0.25) is 0 Å². The minimum Gasteiger partial charge on any atom is -0.453 e. The fourth-order valence-electron chi connectivity index (χ4n) is 12.0. The number of hydrogen-bond donors (Lipinski definition) is 0. The molecular weight excluding hydrogens is 949 g/mol. The number of nitrogens with zero attached hydrogens (tertiary/aromatic N) is 2. The molecule has 0 amide bonds. The summed E-state index contributed by atoms with van der Waals surface area (Å²) in [7, 11) is 0. The monoisotopic (exact) mass is 996 g/mol. The summed E-state index contributed by atoms with van der Waals surface area (Å²) in [5.41, 5.74) is 18.4. The fourth-order valence-corrected chi connectivity index (χ4v) is 12.0. The van der Waals surface area contributed by atoms with Gasteiger partial charge in [-0.25, -0.2) is 0 Å². The van der Waals surface area contributed by atoms with Crippen molar-refractivity contribution in [2.24, 2.45) is 0 Å². The maximum Gasteiger partial charge on any atom is 0.159 e. The Labute approximate surface area is 451 Å². The van der Waals surface area contributed by atoms with Gasteiger partial charge >= 0.3 is 0 Å². The number of hydrogen-bond acceptors (Lipinski definition) is 4. The van der Waals surface area contributed by atoms with E-state index in [0.29, 0.717) is 0 Å². The second-order valence-corrected chi connectivity index (χ2v) is 19.9. The number of rotatable bonds is 10. The smallest absolute Gasteiger partial charge is 0.159 e. The lowest BCUT2D eigenvalue weighted by Crippen LogP contribution is -2.10. The first-order valence-corrected chi connectivity index (χ1v) is 26.6. The maximum atomic E-state index is 7.11. The van der Waals surface area contributed by atoms with Crippen LogP contribution in [0.5, 0.6) is 0 Å². The zero-order valence-electron chi connectivity index (χ0n) is 42.4. The van der Waals surface area contributed by atoms with E-state index in [1.807, 2.05) is 0 Å². The zero-order valence-corrected chi connectivity index (χ0v) is 42.4. The highest BCUT2D eigenvalue weighted by molar-refractivity contribution is 6.23. The lowest BCUT2D eigenvalue weighted by molar-refractivity contribution is 0.670. The van der Waals surface area contributed by atoms with E-state index in [0.717, 1.165) is 144 Å². The molecule has 0 unspecified atom stereocenters. The van der Waals surface area contributed by atoms with E-state index < -0.39 is 0 Å². The highest BCUT2D eigenvalue weighted by Crippen LogP contribution is 2.51. The first-order valence-electron chi connectivity index (χ1n) is 26.6. The van der Waals surface area contributed by atoms with Gasteiger partial charge in [0.05, 0.1) is 11.4 Å². The number of anilines is 6. The second-order valence-electron chi connectivity index (χ2n) is 19.9. The van der Waals surface area contributed by atoms with Crippen molar-refractivity contribution in [2.75, 3.05) is 9.80 Å². The average Bonchev–Trinajstić information content (AvgIpc) is 4.27. The van der Waals surface area contributed by atoms with Crippen LogP contribution < -0.4 is 9.80 Å². The van der Waals surface area contributed by atoms with Crippen molar-refractivity contribution in [3.63, 3.8) is 0 Å². The van der Waals surface area contributed by atoms with Crippen LogP contribution in [0.15, 0.2) is 300 Å². The number of fused-ring (bicyclic) bond motifs is 8. The standard InChI is InChI=1S/C74H48N2O2/c1-7-23-49(24-8-1)57-35-19-37-61-63-39-21-41-67(73(63)77-71(57)61)75(53-31-15-5-16-32-53)55-43-45-59-65(47-55)69(51-27-11-3-12-28-51)60-46-44-56(48-66(60)70(59)52-29-13-4-14-30-52)76(54-33-17-6-18-34-54)68-42-22-40-64-62-38-20-36-58(72(62)78-74(64)68)50-25-9-2-10-26-50/h1-48H. The molecule has 0 N–H and O–H groups in total. The molecule has 78 heavy (non-hydrogen) atoms. The van der Waals surface area contributed by atoms with Crippen molar-refractivity contribution in [3.05, 3.63) is 291 Å². The maximum absolute atomic E-state index is 7.11. The molecule has 4 heteroatoms. The third kappa shape index (κ3) is 7.45. The van der Waals surface area contributed by atoms with E-state index in [1.165, 1.54) is 0 Å². The topological polar surface area (TPSA) is 32.8 Å². The molecule has 0 aliphatic carbocycles. The van der Waals surface area contributed by atoms with Gasteiger partial charge in [0.15, 0.2) is 11.2 Å². The predicted octanol–water partition coefficient (Wildman–Crippen LogP) is 21.4. The summed E-state index contributed by atoms with van der Waals surface area (Å²) in [4.78, 5) is 4.71. The molecule has 0 atom stereocenters. The molecule has 0 bridgehead atoms. The Balaban J connectivity index is 0.981. The summed E-state index contributed by atoms with van der Waals surface area (Å²) in [6.07, 6.45) is 0. The zero-order chi connectivity index (χ0) is 51.5. The summed E-state index contributed by atoms with van der Waals surface area (Å²) in [5.74, 6) is 0. The largest absolute Gasteiger partial charge is 0.453 e. The first-order chi connectivity index (χ1) is 38.7. The molecule has 13 aromatic carbocycles. The molecule has 0 aliphatic heterocycles. The molecule has 4 nitrogen and oxygen atoms in total. The Kier molecular flexibility index (Phi) is 10.8. The van der Waals surface area contributed by atoms with Crippen molar-refractivity contribution in [1.82, 2.24) is 0 Å². The summed E-state index contributed by atoms with van der Waals surface area (Å²) in [6.45, 7) is 0. The van der Waals surface area contributed by atoms with Crippen LogP contribution in [0.2, 0.25) is 0 Å². The molecule has 0 saturated heterocycles. The Morgan fingerprint density at radius 3 is 0.897 bits per heavy atom. The van der Waals surface area contributed by atoms with Gasteiger partial charge in [0.2, 0.25) is 0 Å². The van der Waals surface area contributed by atoms with Crippen LogP contribution in [-0.2, 0) is 0 Å². The van der Waals surface area contributed by atoms with Gasteiger partial charge < -0.3 is 18.6 Å². The van der Waals surface area contributed by atoms with Crippen LogP contribution in [0, 0.1) is 0 Å².